The first-order chi connectivity index (χ1) is 22.8. The lowest BCUT2D eigenvalue weighted by atomic mass is 10.1. The molecule has 1 heterocycles. The molecule has 4 amide bonds. The van der Waals surface area contributed by atoms with Gasteiger partial charge in [0.1, 0.15) is 10.9 Å². The smallest absolute Gasteiger partial charge is 0.272 e. The summed E-state index contributed by atoms with van der Waals surface area (Å²) in [6.07, 6.45) is 4.77. The maximum absolute atomic E-state index is 13.5. The zero-order valence-electron chi connectivity index (χ0n) is 25.3. The zero-order valence-corrected chi connectivity index (χ0v) is 26.2. The normalized spacial score (nSPS) is 11.6. The number of aromatic nitrogens is 1. The van der Waals surface area contributed by atoms with E-state index < -0.39 is 17.1 Å². The van der Waals surface area contributed by atoms with Gasteiger partial charge >= 0.3 is 0 Å². The number of carbonyl (C=O) groups is 4. The topological polar surface area (TPSA) is 129 Å². The van der Waals surface area contributed by atoms with Crippen LogP contribution in [0.5, 0.6) is 0 Å². The van der Waals surface area contributed by atoms with Crippen molar-refractivity contribution in [1.82, 2.24) is 10.3 Å². The van der Waals surface area contributed by atoms with Gasteiger partial charge in [0.05, 0.1) is 0 Å². The van der Waals surface area contributed by atoms with Gasteiger partial charge in [-0.2, -0.15) is 0 Å². The molecule has 47 heavy (non-hydrogen) atoms. The highest BCUT2D eigenvalue weighted by Crippen LogP contribution is 2.37. The number of nitrogens with one attached hydrogen (secondary N) is 4. The number of carbonyl (C=O) groups excluding carboxylic acids is 4. The van der Waals surface area contributed by atoms with Crippen LogP contribution >= 0.6 is 11.8 Å². The molecule has 1 unspecified atom stereocenters. The summed E-state index contributed by atoms with van der Waals surface area (Å²) >= 11 is 1.37. The number of rotatable bonds is 11. The van der Waals surface area contributed by atoms with E-state index in [2.05, 4.69) is 26.3 Å². The molecule has 0 saturated carbocycles. The van der Waals surface area contributed by atoms with E-state index in [1.807, 2.05) is 42.5 Å². The molecule has 10 heteroatoms. The molecule has 5 rings (SSSR count). The molecule has 0 aliphatic heterocycles. The average Bonchev–Trinajstić information content (AvgIpc) is 3.09. The first-order valence-corrected chi connectivity index (χ1v) is 15.5. The van der Waals surface area contributed by atoms with Crippen molar-refractivity contribution in [2.24, 2.45) is 0 Å². The van der Waals surface area contributed by atoms with E-state index >= 15 is 0 Å². The van der Waals surface area contributed by atoms with Gasteiger partial charge in [-0.1, -0.05) is 54.6 Å². The zero-order chi connectivity index (χ0) is 33.0. The molecule has 1 aromatic heterocycles. The summed E-state index contributed by atoms with van der Waals surface area (Å²) in [5.41, 5.74) is 3.67. The standard InChI is InChI=1S/C37H31N5O4S/c1-25(43)39-29-14-16-30(17-15-29)41-37(46)34(27-10-4-2-5-11-27)47-32-20-18-31(19-21-32)40-36(45)33(23-26-9-8-22-38-24-26)42-35(44)28-12-6-3-7-13-28/h2-24,34H,1H3,(H,39,43)(H,40,45)(H,41,46)(H,42,44)/b33-23-. The van der Waals surface area contributed by atoms with Gasteiger partial charge in [0.2, 0.25) is 11.8 Å². The summed E-state index contributed by atoms with van der Waals surface area (Å²) in [4.78, 5) is 56.0. The quantitative estimate of drug-likeness (QED) is 0.0915. The van der Waals surface area contributed by atoms with Gasteiger partial charge < -0.3 is 21.3 Å². The molecule has 0 spiro atoms. The van der Waals surface area contributed by atoms with Gasteiger partial charge in [-0.05, 0) is 83.9 Å². The molecule has 0 aliphatic rings. The van der Waals surface area contributed by atoms with E-state index in [9.17, 15) is 19.2 Å². The Kier molecular flexibility index (Phi) is 10.9. The van der Waals surface area contributed by atoms with E-state index in [0.29, 0.717) is 28.2 Å². The summed E-state index contributed by atoms with van der Waals surface area (Å²) in [6.45, 7) is 1.43. The van der Waals surface area contributed by atoms with Crippen molar-refractivity contribution in [1.29, 1.82) is 0 Å². The monoisotopic (exact) mass is 641 g/mol. The Labute approximate surface area is 276 Å². The molecule has 0 radical (unpaired) electrons. The second-order valence-corrected chi connectivity index (χ2v) is 11.5. The number of anilines is 3. The summed E-state index contributed by atoms with van der Waals surface area (Å²) in [5.74, 6) is -1.32. The minimum Gasteiger partial charge on any atom is -0.326 e. The van der Waals surface area contributed by atoms with Gasteiger partial charge in [-0.3, -0.25) is 24.2 Å². The number of pyridine rings is 1. The molecule has 5 aromatic rings. The number of hydrogen-bond acceptors (Lipinski definition) is 6. The first-order valence-electron chi connectivity index (χ1n) is 14.6. The summed E-state index contributed by atoms with van der Waals surface area (Å²) < 4.78 is 0. The first kappa shape index (κ1) is 32.4. The van der Waals surface area contributed by atoms with E-state index in [1.165, 1.54) is 18.7 Å². The minimum absolute atomic E-state index is 0.0521. The van der Waals surface area contributed by atoms with Crippen LogP contribution in [0.2, 0.25) is 0 Å². The van der Waals surface area contributed by atoms with Crippen LogP contribution in [-0.2, 0) is 14.4 Å². The average molecular weight is 642 g/mol. The Morgan fingerprint density at radius 2 is 1.28 bits per heavy atom. The van der Waals surface area contributed by atoms with E-state index in [0.717, 1.165) is 10.5 Å². The fraction of sp³-hybridized carbons (Fsp3) is 0.0541. The molecule has 0 saturated heterocycles. The number of thioether (sulfide) groups is 1. The van der Waals surface area contributed by atoms with Gasteiger partial charge in [0.25, 0.3) is 11.8 Å². The molecular weight excluding hydrogens is 611 g/mol. The van der Waals surface area contributed by atoms with E-state index in [-0.39, 0.29) is 17.5 Å². The van der Waals surface area contributed by atoms with Gasteiger partial charge in [-0.15, -0.1) is 11.8 Å². The fourth-order valence-corrected chi connectivity index (χ4v) is 5.50. The van der Waals surface area contributed by atoms with E-state index in [1.54, 1.807) is 97.3 Å². The molecule has 9 nitrogen and oxygen atoms in total. The van der Waals surface area contributed by atoms with Crippen molar-refractivity contribution < 1.29 is 19.2 Å². The lowest BCUT2D eigenvalue weighted by Crippen LogP contribution is -2.30. The second-order valence-electron chi connectivity index (χ2n) is 10.3. The van der Waals surface area contributed by atoms with Crippen LogP contribution in [0.15, 0.2) is 144 Å². The molecule has 0 bridgehead atoms. The molecule has 0 aliphatic carbocycles. The number of amides is 4. The molecule has 0 fully saturated rings. The predicted octanol–water partition coefficient (Wildman–Crippen LogP) is 6.92. The summed E-state index contributed by atoms with van der Waals surface area (Å²) in [6, 6.07) is 35.6. The molecule has 1 atom stereocenters. The van der Waals surface area contributed by atoms with Crippen LogP contribution in [-0.4, -0.2) is 28.6 Å². The Balaban J connectivity index is 1.29. The van der Waals surface area contributed by atoms with Gasteiger partial charge in [-0.25, -0.2) is 0 Å². The highest BCUT2D eigenvalue weighted by molar-refractivity contribution is 8.00. The highest BCUT2D eigenvalue weighted by Gasteiger charge is 2.23. The Morgan fingerprint density at radius 3 is 1.89 bits per heavy atom. The Hall–Kier alpha value is -6.00. The Bertz CT molecular complexity index is 1870. The van der Waals surface area contributed by atoms with Crippen LogP contribution in [0.1, 0.15) is 33.7 Å². The summed E-state index contributed by atoms with van der Waals surface area (Å²) in [7, 11) is 0. The Morgan fingerprint density at radius 1 is 0.681 bits per heavy atom. The predicted molar refractivity (Wildman–Crippen MR) is 186 cm³/mol. The van der Waals surface area contributed by atoms with Crippen molar-refractivity contribution >= 4 is 58.5 Å². The van der Waals surface area contributed by atoms with Gasteiger partial charge in [0.15, 0.2) is 0 Å². The van der Waals surface area contributed by atoms with Crippen molar-refractivity contribution in [2.75, 3.05) is 16.0 Å². The van der Waals surface area contributed by atoms with E-state index in [4.69, 9.17) is 0 Å². The number of nitrogens with zero attached hydrogens (tertiary/aromatic N) is 1. The van der Waals surface area contributed by atoms with Crippen LogP contribution in [0.25, 0.3) is 6.08 Å². The second kappa shape index (κ2) is 15.8. The van der Waals surface area contributed by atoms with Crippen LogP contribution < -0.4 is 21.3 Å². The van der Waals surface area contributed by atoms with Crippen molar-refractivity contribution in [3.8, 4) is 0 Å². The largest absolute Gasteiger partial charge is 0.326 e. The van der Waals surface area contributed by atoms with Crippen molar-refractivity contribution in [2.45, 2.75) is 17.1 Å². The molecular formula is C37H31N5O4S. The lowest BCUT2D eigenvalue weighted by Gasteiger charge is -2.18. The molecule has 4 aromatic carbocycles. The fourth-order valence-electron chi connectivity index (χ4n) is 4.47. The molecule has 4 N–H and O–H groups in total. The minimum atomic E-state index is -0.575. The summed E-state index contributed by atoms with van der Waals surface area (Å²) in [5, 5.41) is 10.7. The van der Waals surface area contributed by atoms with Crippen LogP contribution in [0, 0.1) is 0 Å². The number of benzene rings is 4. The molecule has 234 valence electrons. The third kappa shape index (κ3) is 9.49. The van der Waals surface area contributed by atoms with Crippen molar-refractivity contribution in [3.05, 3.63) is 156 Å². The maximum atomic E-state index is 13.5. The third-order valence-corrected chi connectivity index (χ3v) is 7.97. The van der Waals surface area contributed by atoms with Gasteiger partial charge in [0, 0.05) is 46.8 Å². The van der Waals surface area contributed by atoms with Crippen LogP contribution in [0.4, 0.5) is 17.1 Å². The van der Waals surface area contributed by atoms with Crippen molar-refractivity contribution in [3.63, 3.8) is 0 Å². The SMILES string of the molecule is CC(=O)Nc1ccc(NC(=O)C(Sc2ccc(NC(=O)/C(=C/c3cccnc3)NC(=O)c3ccccc3)cc2)c2ccccc2)cc1. The number of hydrogen-bond donors (Lipinski definition) is 4. The maximum Gasteiger partial charge on any atom is 0.272 e. The highest BCUT2D eigenvalue weighted by atomic mass is 32.2. The van der Waals surface area contributed by atoms with Crippen LogP contribution in [0.3, 0.4) is 0 Å². The third-order valence-electron chi connectivity index (χ3n) is 6.70. The lowest BCUT2D eigenvalue weighted by molar-refractivity contribution is -0.116.